The quantitative estimate of drug-likeness (QED) is 0.790. The number of amides is 1. The highest BCUT2D eigenvalue weighted by Gasteiger charge is 2.49. The second kappa shape index (κ2) is 4.81. The van der Waals surface area contributed by atoms with E-state index in [4.69, 9.17) is 4.74 Å². The van der Waals surface area contributed by atoms with Gasteiger partial charge in [0.1, 0.15) is 0 Å². The van der Waals surface area contributed by atoms with E-state index in [2.05, 4.69) is 5.10 Å². The Morgan fingerprint density at radius 2 is 2.16 bits per heavy atom. The van der Waals surface area contributed by atoms with Crippen LogP contribution in [0.1, 0.15) is 38.5 Å². The van der Waals surface area contributed by atoms with Gasteiger partial charge in [-0.1, -0.05) is 0 Å². The zero-order chi connectivity index (χ0) is 13.5. The van der Waals surface area contributed by atoms with Crippen molar-refractivity contribution in [2.75, 3.05) is 13.2 Å². The Morgan fingerprint density at radius 3 is 2.79 bits per heavy atom. The van der Waals surface area contributed by atoms with Gasteiger partial charge in [-0.25, -0.2) is 13.8 Å². The summed E-state index contributed by atoms with van der Waals surface area (Å²) in [4.78, 5) is 11.8. The molecule has 3 aliphatic rings. The normalized spacial score (nSPS) is 31.3. The summed E-state index contributed by atoms with van der Waals surface area (Å²) in [5.41, 5.74) is 0.631. The largest absolute Gasteiger partial charge is 0.376 e. The summed E-state index contributed by atoms with van der Waals surface area (Å²) in [6.07, 6.45) is 3.04. The van der Waals surface area contributed by atoms with E-state index in [0.29, 0.717) is 12.3 Å². The number of carbonyl (C=O) groups excluding carboxylic acids is 1. The van der Waals surface area contributed by atoms with Gasteiger partial charge in [0.25, 0.3) is 0 Å². The first-order valence-electron chi connectivity index (χ1n) is 6.91. The molecule has 0 aromatic rings. The van der Waals surface area contributed by atoms with E-state index >= 15 is 0 Å². The van der Waals surface area contributed by atoms with Gasteiger partial charge in [-0.15, -0.1) is 0 Å². The predicted molar refractivity (Wildman–Crippen MR) is 65.0 cm³/mol. The van der Waals surface area contributed by atoms with Crippen molar-refractivity contribution in [2.45, 2.75) is 50.6 Å². The smallest absolute Gasteiger partial charge is 0.249 e. The molecule has 6 heteroatoms. The second-order valence-corrected chi connectivity index (χ2v) is 5.69. The van der Waals surface area contributed by atoms with E-state index in [0.717, 1.165) is 25.9 Å². The van der Waals surface area contributed by atoms with Crippen molar-refractivity contribution in [2.24, 2.45) is 11.0 Å². The van der Waals surface area contributed by atoms with Crippen LogP contribution < -0.4 is 0 Å². The molecule has 1 saturated heterocycles. The van der Waals surface area contributed by atoms with E-state index in [1.807, 2.05) is 0 Å². The Bertz CT molecular complexity index is 397. The van der Waals surface area contributed by atoms with Crippen LogP contribution in [0.3, 0.4) is 0 Å². The SMILES string of the molecule is O=C1CC(C2CC(F)(F)C2)=NN1CC1CCCCO1. The van der Waals surface area contributed by atoms with Gasteiger partial charge in [-0.3, -0.25) is 4.79 Å². The number of hydrogen-bond donors (Lipinski definition) is 0. The fraction of sp³-hybridized carbons (Fsp3) is 0.846. The van der Waals surface area contributed by atoms with Crippen LogP contribution in [0, 0.1) is 5.92 Å². The molecule has 4 nitrogen and oxygen atoms in total. The molecule has 3 rings (SSSR count). The number of rotatable bonds is 3. The van der Waals surface area contributed by atoms with Crippen molar-refractivity contribution >= 4 is 11.6 Å². The van der Waals surface area contributed by atoms with E-state index in [1.165, 1.54) is 5.01 Å². The monoisotopic (exact) mass is 272 g/mol. The predicted octanol–water partition coefficient (Wildman–Crippen LogP) is 2.19. The molecule has 0 spiro atoms. The fourth-order valence-electron chi connectivity index (χ4n) is 2.90. The van der Waals surface area contributed by atoms with Crippen LogP contribution in [0.4, 0.5) is 8.78 Å². The third kappa shape index (κ3) is 2.78. The third-order valence-electron chi connectivity index (χ3n) is 4.08. The molecule has 2 heterocycles. The highest BCUT2D eigenvalue weighted by atomic mass is 19.3. The van der Waals surface area contributed by atoms with Crippen LogP contribution >= 0.6 is 0 Å². The molecule has 2 fully saturated rings. The number of halogens is 2. The molecule has 1 amide bonds. The fourth-order valence-corrected chi connectivity index (χ4v) is 2.90. The molecule has 106 valence electrons. The van der Waals surface area contributed by atoms with Gasteiger partial charge >= 0.3 is 0 Å². The van der Waals surface area contributed by atoms with Gasteiger partial charge in [0, 0.05) is 25.4 Å². The molecule has 0 aromatic carbocycles. The summed E-state index contributed by atoms with van der Waals surface area (Å²) in [6.45, 7) is 1.20. The Morgan fingerprint density at radius 1 is 1.37 bits per heavy atom. The Labute approximate surface area is 110 Å². The number of hydrogen-bond acceptors (Lipinski definition) is 3. The van der Waals surface area contributed by atoms with Gasteiger partial charge < -0.3 is 4.74 Å². The first kappa shape index (κ1) is 13.0. The van der Waals surface area contributed by atoms with Crippen LogP contribution in [0.2, 0.25) is 0 Å². The maximum atomic E-state index is 12.8. The Hall–Kier alpha value is -1.04. The van der Waals surface area contributed by atoms with Crippen molar-refractivity contribution in [3.8, 4) is 0 Å². The lowest BCUT2D eigenvalue weighted by Gasteiger charge is -2.34. The van der Waals surface area contributed by atoms with Gasteiger partial charge in [0.05, 0.1) is 24.8 Å². The summed E-state index contributed by atoms with van der Waals surface area (Å²) in [6, 6.07) is 0. The van der Waals surface area contributed by atoms with E-state index in [-0.39, 0.29) is 37.2 Å². The van der Waals surface area contributed by atoms with Crippen LogP contribution in [0.15, 0.2) is 5.10 Å². The minimum Gasteiger partial charge on any atom is -0.376 e. The highest BCUT2D eigenvalue weighted by Crippen LogP contribution is 2.44. The van der Waals surface area contributed by atoms with Crippen molar-refractivity contribution in [1.29, 1.82) is 0 Å². The average molecular weight is 272 g/mol. The number of nitrogens with zero attached hydrogens (tertiary/aromatic N) is 2. The lowest BCUT2D eigenvalue weighted by Crippen LogP contribution is -2.39. The first-order valence-corrected chi connectivity index (χ1v) is 6.91. The number of carbonyl (C=O) groups is 1. The summed E-state index contributed by atoms with van der Waals surface area (Å²) in [7, 11) is 0. The first-order chi connectivity index (χ1) is 9.03. The lowest BCUT2D eigenvalue weighted by atomic mass is 9.77. The number of ether oxygens (including phenoxy) is 1. The maximum Gasteiger partial charge on any atom is 0.249 e. The summed E-state index contributed by atoms with van der Waals surface area (Å²) in [5, 5.41) is 5.66. The van der Waals surface area contributed by atoms with Crippen LogP contribution in [0.25, 0.3) is 0 Å². The number of hydrazone groups is 1. The van der Waals surface area contributed by atoms with E-state index in [1.54, 1.807) is 0 Å². The topological polar surface area (TPSA) is 41.9 Å². The van der Waals surface area contributed by atoms with Crippen molar-refractivity contribution in [1.82, 2.24) is 5.01 Å². The summed E-state index contributed by atoms with van der Waals surface area (Å²) in [5.74, 6) is -2.86. The van der Waals surface area contributed by atoms with Crippen molar-refractivity contribution < 1.29 is 18.3 Å². The zero-order valence-electron chi connectivity index (χ0n) is 10.8. The molecule has 19 heavy (non-hydrogen) atoms. The molecule has 0 bridgehead atoms. The van der Waals surface area contributed by atoms with E-state index < -0.39 is 5.92 Å². The third-order valence-corrected chi connectivity index (χ3v) is 4.08. The molecule has 0 radical (unpaired) electrons. The Kier molecular flexibility index (Phi) is 3.28. The van der Waals surface area contributed by atoms with Crippen molar-refractivity contribution in [3.63, 3.8) is 0 Å². The molecule has 1 unspecified atom stereocenters. The molecular weight excluding hydrogens is 254 g/mol. The minimum atomic E-state index is -2.56. The minimum absolute atomic E-state index is 0.0450. The lowest BCUT2D eigenvalue weighted by molar-refractivity contribution is -0.131. The molecule has 1 aliphatic carbocycles. The molecule has 1 atom stereocenters. The van der Waals surface area contributed by atoms with Gasteiger partial charge in [-0.2, -0.15) is 5.10 Å². The second-order valence-electron chi connectivity index (χ2n) is 5.69. The maximum absolute atomic E-state index is 12.8. The van der Waals surface area contributed by atoms with Gasteiger partial charge in [-0.05, 0) is 19.3 Å². The van der Waals surface area contributed by atoms with E-state index in [9.17, 15) is 13.6 Å². The summed E-state index contributed by atoms with van der Waals surface area (Å²) < 4.78 is 31.2. The van der Waals surface area contributed by atoms with Crippen LogP contribution in [-0.4, -0.2) is 41.8 Å². The molecular formula is C13H18F2N2O2. The molecule has 1 saturated carbocycles. The van der Waals surface area contributed by atoms with Gasteiger partial charge in [0.2, 0.25) is 11.8 Å². The number of alkyl halides is 2. The molecule has 2 aliphatic heterocycles. The molecule has 0 aromatic heterocycles. The average Bonchev–Trinajstić information content (AvgIpc) is 2.69. The van der Waals surface area contributed by atoms with Crippen LogP contribution in [0.5, 0.6) is 0 Å². The highest BCUT2D eigenvalue weighted by molar-refractivity contribution is 6.06. The zero-order valence-corrected chi connectivity index (χ0v) is 10.8. The standard InChI is InChI=1S/C13H18F2N2O2/c14-13(15)6-9(7-13)11-5-12(18)17(16-11)8-10-3-1-2-4-19-10/h9-10H,1-8H2. The van der Waals surface area contributed by atoms with Crippen molar-refractivity contribution in [3.05, 3.63) is 0 Å². The van der Waals surface area contributed by atoms with Gasteiger partial charge in [0.15, 0.2) is 0 Å². The summed E-state index contributed by atoms with van der Waals surface area (Å²) >= 11 is 0. The van der Waals surface area contributed by atoms with Crippen LogP contribution in [-0.2, 0) is 9.53 Å². The Balaban J connectivity index is 1.57. The molecule has 0 N–H and O–H groups in total.